The van der Waals surface area contributed by atoms with Gasteiger partial charge in [0.15, 0.2) is 0 Å². The third-order valence-corrected chi connectivity index (χ3v) is 4.28. The second kappa shape index (κ2) is 6.85. The van der Waals surface area contributed by atoms with Crippen molar-refractivity contribution in [2.75, 3.05) is 11.1 Å². The number of nitrogens with one attached hydrogen (secondary N) is 1. The Morgan fingerprint density at radius 1 is 1.11 bits per heavy atom. The van der Waals surface area contributed by atoms with Gasteiger partial charge in [0.2, 0.25) is 5.95 Å². The van der Waals surface area contributed by atoms with Crippen molar-refractivity contribution in [3.05, 3.63) is 65.2 Å². The topological polar surface area (TPSA) is 81.7 Å². The maximum absolute atomic E-state index is 13.8. The van der Waals surface area contributed by atoms with E-state index in [0.717, 1.165) is 11.5 Å². The molecule has 2 aromatic heterocycles. The Labute approximate surface area is 159 Å². The lowest BCUT2D eigenvalue weighted by Crippen LogP contribution is -2.08. The summed E-state index contributed by atoms with van der Waals surface area (Å²) in [7, 11) is 0. The third kappa shape index (κ3) is 3.41. The average Bonchev–Trinajstić information content (AvgIpc) is 2.99. The van der Waals surface area contributed by atoms with E-state index in [4.69, 9.17) is 17.3 Å². The Kier molecular flexibility index (Phi) is 4.37. The fourth-order valence-electron chi connectivity index (χ4n) is 2.91. The molecule has 0 unspecified atom stereocenters. The van der Waals surface area contributed by atoms with Gasteiger partial charge in [-0.3, -0.25) is 4.57 Å². The van der Waals surface area contributed by atoms with Crippen LogP contribution >= 0.6 is 11.6 Å². The number of halogens is 2. The normalized spacial score (nSPS) is 11.1. The van der Waals surface area contributed by atoms with Crippen LogP contribution in [0.4, 0.5) is 21.8 Å². The molecule has 0 aliphatic rings. The van der Waals surface area contributed by atoms with E-state index in [1.807, 2.05) is 19.1 Å². The van der Waals surface area contributed by atoms with Gasteiger partial charge in [0, 0.05) is 29.3 Å². The molecule has 0 aliphatic heterocycles. The summed E-state index contributed by atoms with van der Waals surface area (Å²) in [6, 6.07) is 13.3. The van der Waals surface area contributed by atoms with Gasteiger partial charge in [0.05, 0.1) is 11.0 Å². The first-order chi connectivity index (χ1) is 13.0. The van der Waals surface area contributed by atoms with Gasteiger partial charge in [-0.2, -0.15) is 9.97 Å². The number of hydrogen-bond donors (Lipinski definition) is 2. The Morgan fingerprint density at radius 3 is 2.74 bits per heavy atom. The number of benzene rings is 2. The highest BCUT2D eigenvalue weighted by Gasteiger charge is 2.15. The van der Waals surface area contributed by atoms with Crippen molar-refractivity contribution in [1.29, 1.82) is 0 Å². The van der Waals surface area contributed by atoms with Crippen LogP contribution in [0.3, 0.4) is 0 Å². The standard InChI is InChI=1S/C19H16ClFN6/c1-2-17-24-14-7-6-12(21)9-15(14)27(17)18-10-16(22)25-19(26-18)23-13-5-3-4-11(20)8-13/h3-10H,2H2,1H3,(H3,22,23,25,26). The fourth-order valence-corrected chi connectivity index (χ4v) is 3.10. The number of nitrogen functional groups attached to an aromatic ring is 1. The Hall–Kier alpha value is -3.19. The second-order valence-electron chi connectivity index (χ2n) is 5.96. The number of imidazole rings is 1. The van der Waals surface area contributed by atoms with E-state index in [2.05, 4.69) is 20.3 Å². The summed E-state index contributed by atoms with van der Waals surface area (Å²) < 4.78 is 15.6. The van der Waals surface area contributed by atoms with Gasteiger partial charge in [-0.1, -0.05) is 24.6 Å². The highest BCUT2D eigenvalue weighted by molar-refractivity contribution is 6.30. The molecule has 4 aromatic rings. The summed E-state index contributed by atoms with van der Waals surface area (Å²) in [5.41, 5.74) is 8.04. The van der Waals surface area contributed by atoms with E-state index in [1.54, 1.807) is 28.8 Å². The highest BCUT2D eigenvalue weighted by Crippen LogP contribution is 2.25. The van der Waals surface area contributed by atoms with Crippen LogP contribution in [0.1, 0.15) is 12.7 Å². The van der Waals surface area contributed by atoms with E-state index in [1.165, 1.54) is 12.1 Å². The smallest absolute Gasteiger partial charge is 0.231 e. The predicted octanol–water partition coefficient (Wildman–Crippen LogP) is 4.50. The van der Waals surface area contributed by atoms with Gasteiger partial charge in [0.1, 0.15) is 23.3 Å². The fraction of sp³-hybridized carbons (Fsp3) is 0.105. The minimum absolute atomic E-state index is 0.282. The number of aryl methyl sites for hydroxylation is 1. The molecule has 136 valence electrons. The first-order valence-corrected chi connectivity index (χ1v) is 8.75. The summed E-state index contributed by atoms with van der Waals surface area (Å²) in [6.45, 7) is 1.98. The lowest BCUT2D eigenvalue weighted by Gasteiger charge is -2.11. The number of aromatic nitrogens is 4. The van der Waals surface area contributed by atoms with Gasteiger partial charge in [-0.05, 0) is 30.3 Å². The molecule has 3 N–H and O–H groups in total. The van der Waals surface area contributed by atoms with Crippen molar-refractivity contribution in [1.82, 2.24) is 19.5 Å². The number of nitrogens with zero attached hydrogens (tertiary/aromatic N) is 4. The van der Waals surface area contributed by atoms with E-state index in [-0.39, 0.29) is 11.6 Å². The molecule has 2 heterocycles. The number of fused-ring (bicyclic) bond motifs is 1. The summed E-state index contributed by atoms with van der Waals surface area (Å²) >= 11 is 6.02. The molecule has 8 heteroatoms. The van der Waals surface area contributed by atoms with Crippen LogP contribution in [0.2, 0.25) is 5.02 Å². The molecule has 0 saturated carbocycles. The summed E-state index contributed by atoms with van der Waals surface area (Å²) in [6.07, 6.45) is 0.650. The van der Waals surface area contributed by atoms with Crippen molar-refractivity contribution in [3.8, 4) is 5.82 Å². The molecule has 0 spiro atoms. The zero-order valence-corrected chi connectivity index (χ0v) is 15.2. The molecule has 0 radical (unpaired) electrons. The van der Waals surface area contributed by atoms with Crippen molar-refractivity contribution in [2.24, 2.45) is 0 Å². The van der Waals surface area contributed by atoms with Gasteiger partial charge in [-0.15, -0.1) is 0 Å². The van der Waals surface area contributed by atoms with Gasteiger partial charge in [0.25, 0.3) is 0 Å². The molecule has 0 aliphatic carbocycles. The Balaban J connectivity index is 1.84. The number of rotatable bonds is 4. The van der Waals surface area contributed by atoms with E-state index < -0.39 is 0 Å². The van der Waals surface area contributed by atoms with Crippen LogP contribution < -0.4 is 11.1 Å². The van der Waals surface area contributed by atoms with E-state index in [9.17, 15) is 4.39 Å². The number of nitrogens with two attached hydrogens (primary N) is 1. The molecule has 0 amide bonds. The molecule has 6 nitrogen and oxygen atoms in total. The molecule has 0 bridgehead atoms. The number of hydrogen-bond acceptors (Lipinski definition) is 5. The zero-order chi connectivity index (χ0) is 19.0. The van der Waals surface area contributed by atoms with Crippen molar-refractivity contribution in [2.45, 2.75) is 13.3 Å². The van der Waals surface area contributed by atoms with Crippen LogP contribution in [0.15, 0.2) is 48.5 Å². The molecule has 0 fully saturated rings. The average molecular weight is 383 g/mol. The van der Waals surface area contributed by atoms with Gasteiger partial charge in [-0.25, -0.2) is 9.37 Å². The lowest BCUT2D eigenvalue weighted by molar-refractivity contribution is 0.629. The molecule has 27 heavy (non-hydrogen) atoms. The van der Waals surface area contributed by atoms with Crippen LogP contribution in [-0.4, -0.2) is 19.5 Å². The van der Waals surface area contributed by atoms with E-state index in [0.29, 0.717) is 34.2 Å². The summed E-state index contributed by atoms with van der Waals surface area (Å²) in [4.78, 5) is 13.3. The van der Waals surface area contributed by atoms with Crippen LogP contribution in [-0.2, 0) is 6.42 Å². The van der Waals surface area contributed by atoms with Crippen molar-refractivity contribution >= 4 is 40.1 Å². The van der Waals surface area contributed by atoms with Crippen LogP contribution in [0.5, 0.6) is 0 Å². The molecule has 0 saturated heterocycles. The maximum Gasteiger partial charge on any atom is 0.231 e. The molecule has 4 rings (SSSR count). The predicted molar refractivity (Wildman–Crippen MR) is 105 cm³/mol. The Morgan fingerprint density at radius 2 is 1.96 bits per heavy atom. The quantitative estimate of drug-likeness (QED) is 0.543. The highest BCUT2D eigenvalue weighted by atomic mass is 35.5. The lowest BCUT2D eigenvalue weighted by atomic mass is 10.3. The van der Waals surface area contributed by atoms with E-state index >= 15 is 0 Å². The zero-order valence-electron chi connectivity index (χ0n) is 14.4. The monoisotopic (exact) mass is 382 g/mol. The molecular weight excluding hydrogens is 367 g/mol. The van der Waals surface area contributed by atoms with Gasteiger partial charge >= 0.3 is 0 Å². The SMILES string of the molecule is CCc1nc2ccc(F)cc2n1-c1cc(N)nc(Nc2cccc(Cl)c2)n1. The van der Waals surface area contributed by atoms with Gasteiger partial charge < -0.3 is 11.1 Å². The first-order valence-electron chi connectivity index (χ1n) is 8.38. The van der Waals surface area contributed by atoms with Crippen LogP contribution in [0, 0.1) is 5.82 Å². The minimum atomic E-state index is -0.342. The Bertz CT molecular complexity index is 1140. The third-order valence-electron chi connectivity index (χ3n) is 4.04. The van der Waals surface area contributed by atoms with Crippen molar-refractivity contribution < 1.29 is 4.39 Å². The summed E-state index contributed by atoms with van der Waals surface area (Å²) in [5, 5.41) is 3.68. The molecular formula is C19H16ClFN6. The molecule has 0 atom stereocenters. The van der Waals surface area contributed by atoms with Crippen molar-refractivity contribution in [3.63, 3.8) is 0 Å². The molecule has 2 aromatic carbocycles. The summed E-state index contributed by atoms with van der Waals surface area (Å²) in [5.74, 6) is 1.52. The van der Waals surface area contributed by atoms with Crippen LogP contribution in [0.25, 0.3) is 16.9 Å². The second-order valence-corrected chi connectivity index (χ2v) is 6.40. The first kappa shape index (κ1) is 17.2. The largest absolute Gasteiger partial charge is 0.383 e. The minimum Gasteiger partial charge on any atom is -0.383 e. The maximum atomic E-state index is 13.8. The number of anilines is 3.